The highest BCUT2D eigenvalue weighted by Gasteiger charge is 2.37. The van der Waals surface area contributed by atoms with Crippen molar-refractivity contribution >= 4 is 33.8 Å². The Kier molecular flexibility index (Phi) is 9.53. The largest absolute Gasteiger partial charge is 0.496 e. The molecule has 43 heavy (non-hydrogen) atoms. The first-order valence-corrected chi connectivity index (χ1v) is 14.7. The summed E-state index contributed by atoms with van der Waals surface area (Å²) in [5.74, 6) is -0.298. The second-order valence-electron chi connectivity index (χ2n) is 9.62. The Morgan fingerprint density at radius 3 is 2.60 bits per heavy atom. The molecule has 230 valence electrons. The van der Waals surface area contributed by atoms with Crippen LogP contribution in [0.4, 0.5) is 18.9 Å². The number of ether oxygens (including phenoxy) is 4. The van der Waals surface area contributed by atoms with Crippen LogP contribution < -0.4 is 18.5 Å². The highest BCUT2D eigenvalue weighted by molar-refractivity contribution is 7.93. The number of sulfonamides is 1. The Morgan fingerprint density at radius 2 is 1.93 bits per heavy atom. The van der Waals surface area contributed by atoms with Crippen molar-refractivity contribution < 1.29 is 45.3 Å². The van der Waals surface area contributed by atoms with Crippen LogP contribution in [0.25, 0.3) is 12.2 Å². The molecule has 2 aromatic carbocycles. The van der Waals surface area contributed by atoms with E-state index in [9.17, 15) is 26.4 Å². The molecule has 0 saturated heterocycles. The van der Waals surface area contributed by atoms with Crippen molar-refractivity contribution in [1.29, 1.82) is 0 Å². The smallest absolute Gasteiger partial charge is 0.417 e. The van der Waals surface area contributed by atoms with Crippen LogP contribution in [0.5, 0.6) is 17.4 Å². The fourth-order valence-electron chi connectivity index (χ4n) is 4.59. The minimum Gasteiger partial charge on any atom is -0.496 e. The first kappa shape index (κ1) is 31.7. The number of hydrogen-bond donors (Lipinski definition) is 0. The van der Waals surface area contributed by atoms with Gasteiger partial charge in [-0.2, -0.15) is 13.2 Å². The van der Waals surface area contributed by atoms with Crippen LogP contribution in [0.2, 0.25) is 0 Å². The third-order valence-electron chi connectivity index (χ3n) is 6.65. The zero-order valence-electron chi connectivity index (χ0n) is 24.0. The van der Waals surface area contributed by atoms with Gasteiger partial charge in [-0.1, -0.05) is 24.3 Å². The number of aromatic nitrogens is 1. The maximum atomic E-state index is 14.2. The summed E-state index contributed by atoms with van der Waals surface area (Å²) in [5.41, 5.74) is 0.105. The van der Waals surface area contributed by atoms with Crippen molar-refractivity contribution in [3.63, 3.8) is 0 Å². The summed E-state index contributed by atoms with van der Waals surface area (Å²) in [6.45, 7) is 3.43. The SMILES string of the molecule is CCOc1ncc(C)cc1S(=O)(=O)N1C[C@H](CCC(=O)OC)Oc2ccc(/C=C/c3c(OC)cccc3C(F)(F)F)cc21. The summed E-state index contributed by atoms with van der Waals surface area (Å²) in [7, 11) is -1.76. The summed E-state index contributed by atoms with van der Waals surface area (Å²) in [6.07, 6.45) is -0.947. The highest BCUT2D eigenvalue weighted by Crippen LogP contribution is 2.41. The Bertz CT molecular complexity index is 1620. The number of pyridine rings is 1. The second kappa shape index (κ2) is 12.9. The number of alkyl halides is 3. The van der Waals surface area contributed by atoms with Crippen molar-refractivity contribution in [3.8, 4) is 17.4 Å². The summed E-state index contributed by atoms with van der Waals surface area (Å²) in [6, 6.07) is 9.72. The molecule has 0 saturated carbocycles. The number of rotatable bonds is 10. The molecular formula is C30H31F3N2O7S. The van der Waals surface area contributed by atoms with E-state index in [-0.39, 0.29) is 59.5 Å². The van der Waals surface area contributed by atoms with E-state index in [0.29, 0.717) is 11.1 Å². The number of esters is 1. The Hall–Kier alpha value is -4.26. The monoisotopic (exact) mass is 620 g/mol. The topological polar surface area (TPSA) is 104 Å². The van der Waals surface area contributed by atoms with E-state index in [2.05, 4.69) is 4.98 Å². The molecule has 0 bridgehead atoms. The summed E-state index contributed by atoms with van der Waals surface area (Å²) >= 11 is 0. The van der Waals surface area contributed by atoms with Gasteiger partial charge in [0, 0.05) is 18.2 Å². The number of nitrogens with zero attached hydrogens (tertiary/aromatic N) is 2. The number of hydrogen-bond acceptors (Lipinski definition) is 8. The van der Waals surface area contributed by atoms with Gasteiger partial charge in [0.1, 0.15) is 22.5 Å². The molecule has 13 heteroatoms. The molecule has 1 aromatic heterocycles. The second-order valence-corrected chi connectivity index (χ2v) is 11.5. The quantitative estimate of drug-likeness (QED) is 0.204. The van der Waals surface area contributed by atoms with Crippen molar-refractivity contribution in [1.82, 2.24) is 4.98 Å². The van der Waals surface area contributed by atoms with Gasteiger partial charge in [0.05, 0.1) is 38.6 Å². The van der Waals surface area contributed by atoms with Gasteiger partial charge in [0.25, 0.3) is 10.0 Å². The van der Waals surface area contributed by atoms with Gasteiger partial charge in [0.2, 0.25) is 5.88 Å². The van der Waals surface area contributed by atoms with E-state index < -0.39 is 33.8 Å². The summed E-state index contributed by atoms with van der Waals surface area (Å²) < 4.78 is 92.1. The number of methoxy groups -OCH3 is 2. The molecular weight excluding hydrogens is 589 g/mol. The van der Waals surface area contributed by atoms with E-state index in [1.165, 1.54) is 62.9 Å². The molecule has 1 aliphatic rings. The molecule has 0 unspecified atom stereocenters. The molecule has 0 fully saturated rings. The van der Waals surface area contributed by atoms with Crippen LogP contribution >= 0.6 is 0 Å². The normalized spacial score (nSPS) is 15.1. The predicted molar refractivity (Wildman–Crippen MR) is 154 cm³/mol. The van der Waals surface area contributed by atoms with Crippen LogP contribution in [-0.4, -0.2) is 52.8 Å². The van der Waals surface area contributed by atoms with Crippen LogP contribution in [0.3, 0.4) is 0 Å². The van der Waals surface area contributed by atoms with Crippen LogP contribution in [0.1, 0.15) is 42.0 Å². The molecule has 4 rings (SSSR count). The first-order valence-electron chi connectivity index (χ1n) is 13.3. The van der Waals surface area contributed by atoms with E-state index in [1.807, 2.05) is 0 Å². The minimum absolute atomic E-state index is 0.00184. The number of anilines is 1. The Morgan fingerprint density at radius 1 is 1.16 bits per heavy atom. The lowest BCUT2D eigenvalue weighted by Gasteiger charge is -2.35. The lowest BCUT2D eigenvalue weighted by molar-refractivity contribution is -0.141. The fourth-order valence-corrected chi connectivity index (χ4v) is 6.26. The third-order valence-corrected chi connectivity index (χ3v) is 8.43. The van der Waals surface area contributed by atoms with Gasteiger partial charge in [-0.05, 0) is 61.7 Å². The number of halogens is 3. The van der Waals surface area contributed by atoms with E-state index >= 15 is 0 Å². The molecule has 9 nitrogen and oxygen atoms in total. The Balaban J connectivity index is 1.80. The van der Waals surface area contributed by atoms with Crippen LogP contribution in [0, 0.1) is 6.92 Å². The maximum Gasteiger partial charge on any atom is 0.417 e. The molecule has 2 heterocycles. The summed E-state index contributed by atoms with van der Waals surface area (Å²) in [4.78, 5) is 15.8. The fraction of sp³-hybridized carbons (Fsp3) is 0.333. The van der Waals surface area contributed by atoms with Crippen molar-refractivity contribution in [2.75, 3.05) is 31.7 Å². The minimum atomic E-state index is -4.62. The van der Waals surface area contributed by atoms with Gasteiger partial charge in [-0.15, -0.1) is 0 Å². The van der Waals surface area contributed by atoms with E-state index in [0.717, 1.165) is 10.4 Å². The molecule has 1 atom stereocenters. The predicted octanol–water partition coefficient (Wildman–Crippen LogP) is 5.90. The van der Waals surface area contributed by atoms with E-state index in [1.54, 1.807) is 19.9 Å². The number of fused-ring (bicyclic) bond motifs is 1. The number of carbonyl (C=O) groups excluding carboxylic acids is 1. The molecule has 0 aliphatic carbocycles. The Labute approximate surface area is 247 Å². The average molecular weight is 621 g/mol. The lowest BCUT2D eigenvalue weighted by atomic mass is 10.0. The van der Waals surface area contributed by atoms with Crippen LogP contribution in [-0.2, 0) is 25.7 Å². The molecule has 0 radical (unpaired) electrons. The van der Waals surface area contributed by atoms with Gasteiger partial charge in [-0.3, -0.25) is 9.10 Å². The number of carbonyl (C=O) groups is 1. The molecule has 3 aromatic rings. The van der Waals surface area contributed by atoms with E-state index in [4.69, 9.17) is 18.9 Å². The molecule has 0 N–H and O–H groups in total. The van der Waals surface area contributed by atoms with Crippen molar-refractivity contribution in [2.24, 2.45) is 0 Å². The van der Waals surface area contributed by atoms with Crippen LogP contribution in [0.15, 0.2) is 53.6 Å². The summed E-state index contributed by atoms with van der Waals surface area (Å²) in [5, 5.41) is 0. The zero-order chi connectivity index (χ0) is 31.4. The van der Waals surface area contributed by atoms with Gasteiger partial charge >= 0.3 is 12.1 Å². The molecule has 0 spiro atoms. The molecule has 0 amide bonds. The first-order chi connectivity index (χ1) is 20.4. The highest BCUT2D eigenvalue weighted by atomic mass is 32.2. The lowest BCUT2D eigenvalue weighted by Crippen LogP contribution is -2.44. The third kappa shape index (κ3) is 7.04. The van der Waals surface area contributed by atoms with Gasteiger partial charge in [0.15, 0.2) is 0 Å². The number of benzene rings is 2. The average Bonchev–Trinajstić information content (AvgIpc) is 2.98. The standard InChI is InChI=1S/C30H31F3N2O7S/c1-5-41-29-27(15-19(2)17-34-29)43(37,38)35-18-21(11-14-28(36)40-4)42-26-13-10-20(16-24(26)35)9-12-22-23(30(31,32)33)7-6-8-25(22)39-3/h6-10,12-13,15-17,21H,5,11,14,18H2,1-4H3/b12-9+/t21-/m0/s1. The van der Waals surface area contributed by atoms with Crippen molar-refractivity contribution in [3.05, 3.63) is 70.9 Å². The van der Waals surface area contributed by atoms with Gasteiger partial charge in [-0.25, -0.2) is 13.4 Å². The zero-order valence-corrected chi connectivity index (χ0v) is 24.8. The maximum absolute atomic E-state index is 14.2. The number of aryl methyl sites for hydroxylation is 1. The molecule has 1 aliphatic heterocycles. The van der Waals surface area contributed by atoms with Crippen molar-refractivity contribution in [2.45, 2.75) is 43.9 Å². The van der Waals surface area contributed by atoms with Gasteiger partial charge < -0.3 is 18.9 Å².